The maximum absolute atomic E-state index is 4.72. The molecule has 0 aromatic carbocycles. The first-order valence-electron chi connectivity index (χ1n) is 8.58. The Morgan fingerprint density at radius 3 is 2.41 bits per heavy atom. The summed E-state index contributed by atoms with van der Waals surface area (Å²) in [6.07, 6.45) is 2.41. The molecule has 1 aliphatic rings. The van der Waals surface area contributed by atoms with E-state index in [1.807, 2.05) is 0 Å². The molecule has 0 bridgehead atoms. The molecule has 0 amide bonds. The minimum absolute atomic E-state index is 0. The van der Waals surface area contributed by atoms with Crippen molar-refractivity contribution in [3.8, 4) is 0 Å². The van der Waals surface area contributed by atoms with Crippen molar-refractivity contribution in [3.05, 3.63) is 0 Å². The fourth-order valence-corrected chi connectivity index (χ4v) is 2.50. The Bertz CT molecular complexity index is 290. The fourth-order valence-electron chi connectivity index (χ4n) is 2.50. The summed E-state index contributed by atoms with van der Waals surface area (Å²) in [7, 11) is 2.20. The molecule has 0 aromatic heterocycles. The fraction of sp³-hybridized carbons (Fsp3) is 0.938. The van der Waals surface area contributed by atoms with Gasteiger partial charge in [0.2, 0.25) is 0 Å². The van der Waals surface area contributed by atoms with Crippen LogP contribution < -0.4 is 10.6 Å². The second-order valence-corrected chi connectivity index (χ2v) is 6.21. The van der Waals surface area contributed by atoms with Crippen LogP contribution in [0, 0.1) is 5.92 Å². The average molecular weight is 425 g/mol. The molecule has 0 aromatic rings. The highest BCUT2D eigenvalue weighted by Crippen LogP contribution is 2.04. The number of halogens is 1. The van der Waals surface area contributed by atoms with Crippen molar-refractivity contribution in [2.75, 3.05) is 59.4 Å². The van der Waals surface area contributed by atoms with Gasteiger partial charge in [-0.05, 0) is 26.3 Å². The van der Waals surface area contributed by atoms with Crippen LogP contribution in [-0.2, 0) is 0 Å². The third-order valence-electron chi connectivity index (χ3n) is 3.89. The van der Waals surface area contributed by atoms with Crippen LogP contribution in [0.5, 0.6) is 0 Å². The highest BCUT2D eigenvalue weighted by atomic mass is 127. The summed E-state index contributed by atoms with van der Waals surface area (Å²) in [5.74, 6) is 1.58. The molecule has 2 N–H and O–H groups in total. The number of nitrogens with one attached hydrogen (secondary N) is 2. The van der Waals surface area contributed by atoms with Gasteiger partial charge in [0.25, 0.3) is 0 Å². The number of unbranched alkanes of at least 4 members (excludes halogenated alkanes) is 1. The molecule has 0 radical (unpaired) electrons. The van der Waals surface area contributed by atoms with Crippen molar-refractivity contribution >= 4 is 29.9 Å². The van der Waals surface area contributed by atoms with E-state index in [0.29, 0.717) is 5.92 Å². The van der Waals surface area contributed by atoms with Crippen LogP contribution >= 0.6 is 24.0 Å². The summed E-state index contributed by atoms with van der Waals surface area (Å²) in [6.45, 7) is 15.4. The zero-order valence-corrected chi connectivity index (χ0v) is 17.2. The minimum atomic E-state index is 0. The highest BCUT2D eigenvalue weighted by Gasteiger charge is 2.15. The van der Waals surface area contributed by atoms with E-state index in [1.54, 1.807) is 0 Å². The molecule has 1 atom stereocenters. The van der Waals surface area contributed by atoms with Gasteiger partial charge in [0, 0.05) is 52.4 Å². The molecule has 1 saturated heterocycles. The van der Waals surface area contributed by atoms with Crippen LogP contribution in [0.1, 0.15) is 33.6 Å². The maximum atomic E-state index is 4.72. The van der Waals surface area contributed by atoms with Gasteiger partial charge in [-0.15, -0.1) is 24.0 Å². The molecule has 6 heteroatoms. The molecule has 0 spiro atoms. The molecule has 0 saturated carbocycles. The standard InChI is InChI=1S/C16H35N5.HI/c1-5-7-8-18-16(17-6-2)19-13-15(3)14-21-11-9-20(4)10-12-21;/h15H,5-14H2,1-4H3,(H2,17,18,19);1H. The van der Waals surface area contributed by atoms with Crippen molar-refractivity contribution in [3.63, 3.8) is 0 Å². The van der Waals surface area contributed by atoms with Crippen LogP contribution in [0.15, 0.2) is 4.99 Å². The largest absolute Gasteiger partial charge is 0.357 e. The average Bonchev–Trinajstić information content (AvgIpc) is 2.47. The number of piperazine rings is 1. The lowest BCUT2D eigenvalue weighted by molar-refractivity contribution is 0.140. The number of rotatable bonds is 8. The summed E-state index contributed by atoms with van der Waals surface area (Å²) >= 11 is 0. The van der Waals surface area contributed by atoms with Crippen molar-refractivity contribution in [1.29, 1.82) is 0 Å². The zero-order chi connectivity index (χ0) is 15.5. The molecular formula is C16H36IN5. The van der Waals surface area contributed by atoms with E-state index in [4.69, 9.17) is 4.99 Å². The van der Waals surface area contributed by atoms with Crippen LogP contribution in [0.3, 0.4) is 0 Å². The predicted octanol–water partition coefficient (Wildman–Crippen LogP) is 1.84. The topological polar surface area (TPSA) is 42.9 Å². The number of guanidine groups is 1. The van der Waals surface area contributed by atoms with Gasteiger partial charge in [-0.1, -0.05) is 20.3 Å². The number of hydrogen-bond acceptors (Lipinski definition) is 3. The Balaban J connectivity index is 0.00000441. The molecule has 1 unspecified atom stereocenters. The Kier molecular flexibility index (Phi) is 13.3. The molecule has 132 valence electrons. The first-order chi connectivity index (χ1) is 10.2. The lowest BCUT2D eigenvalue weighted by Crippen LogP contribution is -2.46. The summed E-state index contributed by atoms with van der Waals surface area (Å²) < 4.78 is 0. The Morgan fingerprint density at radius 1 is 1.14 bits per heavy atom. The summed E-state index contributed by atoms with van der Waals surface area (Å²) in [6, 6.07) is 0. The number of likely N-dealkylation sites (N-methyl/N-ethyl adjacent to an activating group) is 1. The predicted molar refractivity (Wildman–Crippen MR) is 107 cm³/mol. The molecule has 5 nitrogen and oxygen atoms in total. The summed E-state index contributed by atoms with van der Waals surface area (Å²) in [4.78, 5) is 9.69. The van der Waals surface area contributed by atoms with Crippen molar-refractivity contribution < 1.29 is 0 Å². The van der Waals surface area contributed by atoms with E-state index < -0.39 is 0 Å². The smallest absolute Gasteiger partial charge is 0.191 e. The molecule has 1 aliphatic heterocycles. The number of nitrogens with zero attached hydrogens (tertiary/aromatic N) is 3. The van der Waals surface area contributed by atoms with Gasteiger partial charge in [0.1, 0.15) is 0 Å². The summed E-state index contributed by atoms with van der Waals surface area (Å²) in [5, 5.41) is 6.73. The van der Waals surface area contributed by atoms with Gasteiger partial charge in [0.05, 0.1) is 0 Å². The van der Waals surface area contributed by atoms with Crippen LogP contribution in [0.25, 0.3) is 0 Å². The quantitative estimate of drug-likeness (QED) is 0.270. The zero-order valence-electron chi connectivity index (χ0n) is 14.9. The third-order valence-corrected chi connectivity index (χ3v) is 3.89. The van der Waals surface area contributed by atoms with E-state index in [9.17, 15) is 0 Å². The van der Waals surface area contributed by atoms with Gasteiger partial charge in [-0.25, -0.2) is 0 Å². The third kappa shape index (κ3) is 9.84. The van der Waals surface area contributed by atoms with E-state index in [1.165, 1.54) is 39.0 Å². The van der Waals surface area contributed by atoms with E-state index >= 15 is 0 Å². The maximum Gasteiger partial charge on any atom is 0.191 e. The van der Waals surface area contributed by atoms with Crippen molar-refractivity contribution in [2.45, 2.75) is 33.6 Å². The van der Waals surface area contributed by atoms with Crippen LogP contribution in [0.2, 0.25) is 0 Å². The number of hydrogen-bond donors (Lipinski definition) is 2. The monoisotopic (exact) mass is 425 g/mol. The van der Waals surface area contributed by atoms with Crippen molar-refractivity contribution in [2.24, 2.45) is 10.9 Å². The summed E-state index contributed by atoms with van der Waals surface area (Å²) in [5.41, 5.74) is 0. The van der Waals surface area contributed by atoms with E-state index in [0.717, 1.165) is 32.1 Å². The first-order valence-corrected chi connectivity index (χ1v) is 8.58. The molecule has 1 fully saturated rings. The van der Waals surface area contributed by atoms with Crippen LogP contribution in [-0.4, -0.2) is 75.2 Å². The van der Waals surface area contributed by atoms with Gasteiger partial charge in [-0.2, -0.15) is 0 Å². The number of aliphatic imine (C=N–C) groups is 1. The Labute approximate surface area is 154 Å². The van der Waals surface area contributed by atoms with E-state index in [2.05, 4.69) is 48.3 Å². The molecule has 22 heavy (non-hydrogen) atoms. The van der Waals surface area contributed by atoms with Gasteiger partial charge in [0.15, 0.2) is 5.96 Å². The lowest BCUT2D eigenvalue weighted by atomic mass is 10.1. The van der Waals surface area contributed by atoms with E-state index in [-0.39, 0.29) is 24.0 Å². The highest BCUT2D eigenvalue weighted by molar-refractivity contribution is 14.0. The second-order valence-electron chi connectivity index (χ2n) is 6.21. The molecule has 1 rings (SSSR count). The Morgan fingerprint density at radius 2 is 1.82 bits per heavy atom. The first kappa shape index (κ1) is 21.9. The van der Waals surface area contributed by atoms with Gasteiger partial charge < -0.3 is 20.4 Å². The molecular weight excluding hydrogens is 389 g/mol. The molecule has 0 aliphatic carbocycles. The van der Waals surface area contributed by atoms with Gasteiger partial charge in [-0.3, -0.25) is 4.99 Å². The van der Waals surface area contributed by atoms with Gasteiger partial charge >= 0.3 is 0 Å². The molecule has 1 heterocycles. The minimum Gasteiger partial charge on any atom is -0.357 e. The Hall–Kier alpha value is -0.0800. The lowest BCUT2D eigenvalue weighted by Gasteiger charge is -2.33. The SMILES string of the molecule is CCCCNC(=NCC(C)CN1CCN(C)CC1)NCC.I. The second kappa shape index (κ2) is 13.4. The normalized spacial score (nSPS) is 18.6. The van der Waals surface area contributed by atoms with Crippen molar-refractivity contribution in [1.82, 2.24) is 20.4 Å². The van der Waals surface area contributed by atoms with Crippen LogP contribution in [0.4, 0.5) is 0 Å².